The first-order valence-corrected chi connectivity index (χ1v) is 9.00. The number of nitrogens with two attached hydrogens (primary N) is 1. The zero-order chi connectivity index (χ0) is 18.5. The van der Waals surface area contributed by atoms with Crippen molar-refractivity contribution in [1.29, 1.82) is 0 Å². The number of primary amides is 1. The van der Waals surface area contributed by atoms with Gasteiger partial charge in [-0.15, -0.1) is 10.2 Å². The van der Waals surface area contributed by atoms with Gasteiger partial charge < -0.3 is 15.5 Å². The molecule has 3 rings (SSSR count). The third kappa shape index (κ3) is 4.85. The highest BCUT2D eigenvalue weighted by molar-refractivity contribution is 7.99. The highest BCUT2D eigenvalue weighted by Gasteiger charge is 2.24. The van der Waals surface area contributed by atoms with Crippen LogP contribution < -0.4 is 16.4 Å². The van der Waals surface area contributed by atoms with Gasteiger partial charge in [-0.3, -0.25) is 19.5 Å². The van der Waals surface area contributed by atoms with Crippen LogP contribution >= 0.6 is 11.8 Å². The molecule has 4 amide bonds. The summed E-state index contributed by atoms with van der Waals surface area (Å²) >= 11 is 1.10. The summed E-state index contributed by atoms with van der Waals surface area (Å²) < 4.78 is 6.98. The second-order valence-electron chi connectivity index (χ2n) is 5.74. The molecule has 11 heteroatoms. The topological polar surface area (TPSA) is 145 Å². The van der Waals surface area contributed by atoms with Crippen LogP contribution in [0.1, 0.15) is 19.3 Å². The average Bonchev–Trinajstić information content (AvgIpc) is 3.10. The van der Waals surface area contributed by atoms with E-state index in [0.29, 0.717) is 16.7 Å². The summed E-state index contributed by atoms with van der Waals surface area (Å²) in [5, 5.41) is 13.5. The number of rotatable bonds is 8. The summed E-state index contributed by atoms with van der Waals surface area (Å²) in [6.45, 7) is 0.254. The molecular weight excluding hydrogens is 360 g/mol. The van der Waals surface area contributed by atoms with Crippen LogP contribution in [-0.4, -0.2) is 44.4 Å². The Labute approximate surface area is 152 Å². The number of aromatic nitrogens is 3. The Kier molecular flexibility index (Phi) is 5.56. The maximum atomic E-state index is 11.9. The van der Waals surface area contributed by atoms with Crippen LogP contribution in [0.5, 0.6) is 0 Å². The molecule has 0 aromatic carbocycles. The van der Waals surface area contributed by atoms with E-state index in [2.05, 4.69) is 20.8 Å². The van der Waals surface area contributed by atoms with Crippen molar-refractivity contribution in [3.05, 3.63) is 18.4 Å². The number of furan rings is 1. The van der Waals surface area contributed by atoms with Crippen LogP contribution in [0.4, 0.5) is 4.79 Å². The Morgan fingerprint density at radius 1 is 1.35 bits per heavy atom. The van der Waals surface area contributed by atoms with Gasteiger partial charge in [-0.2, -0.15) is 0 Å². The SMILES string of the molecule is NC(=O)CCn1c(SCC(=O)NC(=O)NC2CC2)nnc1-c1ccco1. The molecule has 0 saturated heterocycles. The fourth-order valence-electron chi connectivity index (χ4n) is 2.15. The predicted molar refractivity (Wildman–Crippen MR) is 92.0 cm³/mol. The lowest BCUT2D eigenvalue weighted by Gasteiger charge is -2.08. The molecule has 1 saturated carbocycles. The van der Waals surface area contributed by atoms with Gasteiger partial charge in [0.15, 0.2) is 16.7 Å². The summed E-state index contributed by atoms with van der Waals surface area (Å²) in [6.07, 6.45) is 3.47. The van der Waals surface area contributed by atoms with E-state index >= 15 is 0 Å². The molecular formula is C15H18N6O4S. The standard InChI is InChI=1S/C15H18N6O4S/c16-11(22)5-6-21-13(10-2-1-7-25-10)19-20-15(21)26-8-12(23)18-14(24)17-9-3-4-9/h1-2,7,9H,3-6,8H2,(H2,16,22)(H2,17,18,23,24). The number of amides is 4. The molecule has 2 aromatic heterocycles. The molecule has 138 valence electrons. The fourth-order valence-corrected chi connectivity index (χ4v) is 2.91. The summed E-state index contributed by atoms with van der Waals surface area (Å²) in [7, 11) is 0. The van der Waals surface area contributed by atoms with Crippen LogP contribution in [0.15, 0.2) is 28.0 Å². The first-order chi connectivity index (χ1) is 12.5. The molecule has 26 heavy (non-hydrogen) atoms. The van der Waals surface area contributed by atoms with Crippen LogP contribution in [-0.2, 0) is 16.1 Å². The smallest absolute Gasteiger partial charge is 0.321 e. The van der Waals surface area contributed by atoms with Crippen LogP contribution in [0.2, 0.25) is 0 Å². The number of carbonyl (C=O) groups excluding carboxylic acids is 3. The van der Waals surface area contributed by atoms with E-state index in [1.807, 2.05) is 0 Å². The molecule has 1 aliphatic carbocycles. The monoisotopic (exact) mass is 378 g/mol. The van der Waals surface area contributed by atoms with Gasteiger partial charge in [0.25, 0.3) is 0 Å². The largest absolute Gasteiger partial charge is 0.461 e. The molecule has 0 bridgehead atoms. The van der Waals surface area contributed by atoms with Crippen molar-refractivity contribution in [3.63, 3.8) is 0 Å². The van der Waals surface area contributed by atoms with Gasteiger partial charge >= 0.3 is 6.03 Å². The van der Waals surface area contributed by atoms with Crippen LogP contribution in [0.25, 0.3) is 11.6 Å². The number of hydrogen-bond acceptors (Lipinski definition) is 7. The first-order valence-electron chi connectivity index (χ1n) is 8.01. The van der Waals surface area contributed by atoms with Crippen LogP contribution in [0.3, 0.4) is 0 Å². The summed E-state index contributed by atoms with van der Waals surface area (Å²) in [4.78, 5) is 34.6. The zero-order valence-corrected chi connectivity index (χ0v) is 14.6. The molecule has 1 fully saturated rings. The maximum absolute atomic E-state index is 11.9. The van der Waals surface area contributed by atoms with Gasteiger partial charge in [-0.1, -0.05) is 11.8 Å². The second-order valence-corrected chi connectivity index (χ2v) is 6.68. The van der Waals surface area contributed by atoms with E-state index in [0.717, 1.165) is 24.6 Å². The van der Waals surface area contributed by atoms with Gasteiger partial charge in [0.05, 0.1) is 12.0 Å². The molecule has 0 aliphatic heterocycles. The summed E-state index contributed by atoms with van der Waals surface area (Å²) in [5.74, 6) is -0.00954. The van der Waals surface area contributed by atoms with Gasteiger partial charge in [0.1, 0.15) is 0 Å². The lowest BCUT2D eigenvalue weighted by atomic mass is 10.3. The highest BCUT2D eigenvalue weighted by Crippen LogP contribution is 2.24. The van der Waals surface area contributed by atoms with E-state index in [9.17, 15) is 14.4 Å². The number of nitrogens with zero attached hydrogens (tertiary/aromatic N) is 3. The van der Waals surface area contributed by atoms with Crippen molar-refractivity contribution in [2.75, 3.05) is 5.75 Å². The van der Waals surface area contributed by atoms with Crippen molar-refractivity contribution in [3.8, 4) is 11.6 Å². The number of urea groups is 1. The lowest BCUT2D eigenvalue weighted by molar-refractivity contribution is -0.118. The zero-order valence-electron chi connectivity index (χ0n) is 13.8. The third-order valence-corrected chi connectivity index (χ3v) is 4.50. The van der Waals surface area contributed by atoms with Gasteiger partial charge in [0, 0.05) is 19.0 Å². The number of nitrogens with one attached hydrogen (secondary N) is 2. The number of thioether (sulfide) groups is 1. The molecule has 0 atom stereocenters. The quantitative estimate of drug-likeness (QED) is 0.567. The summed E-state index contributed by atoms with van der Waals surface area (Å²) in [5.41, 5.74) is 5.22. The van der Waals surface area contributed by atoms with Gasteiger partial charge in [-0.25, -0.2) is 4.79 Å². The Bertz CT molecular complexity index is 799. The molecule has 0 unspecified atom stereocenters. The number of imide groups is 1. The lowest BCUT2D eigenvalue weighted by Crippen LogP contribution is -2.41. The Morgan fingerprint density at radius 3 is 2.81 bits per heavy atom. The van der Waals surface area contributed by atoms with Crippen molar-refractivity contribution >= 4 is 29.6 Å². The van der Waals surface area contributed by atoms with E-state index in [4.69, 9.17) is 10.2 Å². The highest BCUT2D eigenvalue weighted by atomic mass is 32.2. The number of carbonyl (C=O) groups is 3. The minimum absolute atomic E-state index is 0.0229. The molecule has 0 spiro atoms. The molecule has 2 aromatic rings. The number of hydrogen-bond donors (Lipinski definition) is 3. The van der Waals surface area contributed by atoms with E-state index in [1.54, 1.807) is 16.7 Å². The maximum Gasteiger partial charge on any atom is 0.321 e. The van der Waals surface area contributed by atoms with Crippen molar-refractivity contribution in [1.82, 2.24) is 25.4 Å². The van der Waals surface area contributed by atoms with Crippen molar-refractivity contribution < 1.29 is 18.8 Å². The second kappa shape index (κ2) is 8.04. The predicted octanol–water partition coefficient (Wildman–Crippen LogP) is 0.494. The first kappa shape index (κ1) is 18.0. The van der Waals surface area contributed by atoms with E-state index in [-0.39, 0.29) is 24.8 Å². The summed E-state index contributed by atoms with van der Waals surface area (Å²) in [6, 6.07) is 3.10. The Hall–Kier alpha value is -2.82. The van der Waals surface area contributed by atoms with Gasteiger partial charge in [0.2, 0.25) is 11.8 Å². The van der Waals surface area contributed by atoms with Crippen molar-refractivity contribution in [2.45, 2.75) is 37.0 Å². The molecule has 0 radical (unpaired) electrons. The molecule has 2 heterocycles. The van der Waals surface area contributed by atoms with Crippen molar-refractivity contribution in [2.24, 2.45) is 5.73 Å². The Balaban J connectivity index is 1.63. The normalized spacial score (nSPS) is 13.4. The average molecular weight is 378 g/mol. The third-order valence-electron chi connectivity index (χ3n) is 3.54. The minimum Gasteiger partial charge on any atom is -0.461 e. The fraction of sp³-hybridized carbons (Fsp3) is 0.400. The molecule has 4 N–H and O–H groups in total. The van der Waals surface area contributed by atoms with Gasteiger partial charge in [-0.05, 0) is 25.0 Å². The Morgan fingerprint density at radius 2 is 2.15 bits per heavy atom. The molecule has 10 nitrogen and oxygen atoms in total. The van der Waals surface area contributed by atoms with E-state index in [1.165, 1.54) is 6.26 Å². The van der Waals surface area contributed by atoms with E-state index < -0.39 is 17.8 Å². The van der Waals surface area contributed by atoms with Crippen LogP contribution in [0, 0.1) is 0 Å². The molecule has 1 aliphatic rings. The minimum atomic E-state index is -0.496.